The third-order valence-corrected chi connectivity index (χ3v) is 3.72. The maximum atomic E-state index is 5.52. The molecule has 1 aromatic carbocycles. The van der Waals surface area contributed by atoms with Gasteiger partial charge in [-0.15, -0.1) is 0 Å². The van der Waals surface area contributed by atoms with Crippen molar-refractivity contribution in [1.82, 2.24) is 9.97 Å². The Morgan fingerprint density at radius 1 is 1.39 bits per heavy atom. The van der Waals surface area contributed by atoms with Gasteiger partial charge in [0, 0.05) is 12.1 Å². The number of aromatic nitrogens is 2. The minimum atomic E-state index is 0.464. The number of nitrogens with zero attached hydrogens (tertiary/aromatic N) is 1. The summed E-state index contributed by atoms with van der Waals surface area (Å²) in [7, 11) is 0. The molecule has 1 aromatic heterocycles. The van der Waals surface area contributed by atoms with Crippen molar-refractivity contribution in [3.63, 3.8) is 0 Å². The van der Waals surface area contributed by atoms with Gasteiger partial charge in [0.15, 0.2) is 16.7 Å². The van der Waals surface area contributed by atoms with Crippen LogP contribution in [0.5, 0.6) is 11.5 Å². The summed E-state index contributed by atoms with van der Waals surface area (Å²) in [4.78, 5) is 8.12. The Kier molecular flexibility index (Phi) is 3.00. The SMILES string of the molecule is NC(=S)CSc1nc2cc3c(cc2[nH]1)OCCO3. The zero-order chi connectivity index (χ0) is 12.5. The molecule has 0 radical (unpaired) electrons. The normalized spacial score (nSPS) is 13.8. The second-order valence-corrected chi connectivity index (χ2v) is 5.30. The van der Waals surface area contributed by atoms with E-state index < -0.39 is 0 Å². The van der Waals surface area contributed by atoms with Crippen LogP contribution in [0.3, 0.4) is 0 Å². The predicted octanol–water partition coefficient (Wildman–Crippen LogP) is 1.71. The molecule has 0 fully saturated rings. The van der Waals surface area contributed by atoms with Gasteiger partial charge in [0.2, 0.25) is 0 Å². The summed E-state index contributed by atoms with van der Waals surface area (Å²) in [6, 6.07) is 3.78. The van der Waals surface area contributed by atoms with E-state index >= 15 is 0 Å². The average Bonchev–Trinajstić information content (AvgIpc) is 2.75. The lowest BCUT2D eigenvalue weighted by Crippen LogP contribution is -2.15. The summed E-state index contributed by atoms with van der Waals surface area (Å²) in [6.07, 6.45) is 0. The van der Waals surface area contributed by atoms with Crippen LogP contribution in [0.1, 0.15) is 0 Å². The fourth-order valence-electron chi connectivity index (χ4n) is 1.73. The van der Waals surface area contributed by atoms with Crippen molar-refractivity contribution < 1.29 is 9.47 Å². The number of thiocarbonyl (C=S) groups is 1. The minimum Gasteiger partial charge on any atom is -0.486 e. The van der Waals surface area contributed by atoms with Crippen molar-refractivity contribution in [3.8, 4) is 11.5 Å². The van der Waals surface area contributed by atoms with Gasteiger partial charge in [-0.05, 0) is 0 Å². The van der Waals surface area contributed by atoms with Gasteiger partial charge in [0.25, 0.3) is 0 Å². The Labute approximate surface area is 113 Å². The average molecular weight is 281 g/mol. The second kappa shape index (κ2) is 4.66. The Morgan fingerprint density at radius 2 is 2.11 bits per heavy atom. The topological polar surface area (TPSA) is 73.2 Å². The highest BCUT2D eigenvalue weighted by Gasteiger charge is 2.14. The highest BCUT2D eigenvalue weighted by atomic mass is 32.2. The van der Waals surface area contributed by atoms with Crippen molar-refractivity contribution in [2.75, 3.05) is 19.0 Å². The summed E-state index contributed by atoms with van der Waals surface area (Å²) in [5, 5.41) is 0.792. The summed E-state index contributed by atoms with van der Waals surface area (Å²) in [5.41, 5.74) is 7.24. The molecule has 1 aliphatic heterocycles. The van der Waals surface area contributed by atoms with E-state index in [-0.39, 0.29) is 0 Å². The number of rotatable bonds is 3. The lowest BCUT2D eigenvalue weighted by atomic mass is 10.2. The van der Waals surface area contributed by atoms with Gasteiger partial charge >= 0.3 is 0 Å². The molecule has 3 N–H and O–H groups in total. The molecule has 7 heteroatoms. The Bertz CT molecular complexity index is 569. The fraction of sp³-hybridized carbons (Fsp3) is 0.273. The molecule has 0 amide bonds. The second-order valence-electron chi connectivity index (χ2n) is 3.81. The van der Waals surface area contributed by atoms with Gasteiger partial charge < -0.3 is 20.2 Å². The van der Waals surface area contributed by atoms with Crippen molar-refractivity contribution in [3.05, 3.63) is 12.1 Å². The molecule has 1 aliphatic rings. The van der Waals surface area contributed by atoms with Crippen molar-refractivity contribution in [1.29, 1.82) is 0 Å². The van der Waals surface area contributed by atoms with Gasteiger partial charge in [0.1, 0.15) is 13.2 Å². The first kappa shape index (κ1) is 11.6. The number of nitrogens with two attached hydrogens (primary N) is 1. The molecule has 0 bridgehead atoms. The van der Waals surface area contributed by atoms with Crippen LogP contribution in [0, 0.1) is 0 Å². The number of ether oxygens (including phenoxy) is 2. The maximum Gasteiger partial charge on any atom is 0.166 e. The summed E-state index contributed by atoms with van der Waals surface area (Å²) < 4.78 is 11.0. The van der Waals surface area contributed by atoms with E-state index in [1.807, 2.05) is 12.1 Å². The molecule has 3 rings (SSSR count). The highest BCUT2D eigenvalue weighted by Crippen LogP contribution is 2.34. The fourth-order valence-corrected chi connectivity index (χ4v) is 2.53. The number of aromatic amines is 1. The molecular weight excluding hydrogens is 270 g/mol. The molecule has 0 atom stereocenters. The molecule has 5 nitrogen and oxygen atoms in total. The first-order valence-corrected chi connectivity index (χ1v) is 6.82. The quantitative estimate of drug-likeness (QED) is 0.659. The number of fused-ring (bicyclic) bond motifs is 2. The van der Waals surface area contributed by atoms with Gasteiger partial charge in [-0.1, -0.05) is 24.0 Å². The monoisotopic (exact) mass is 281 g/mol. The Balaban J connectivity index is 1.93. The Morgan fingerprint density at radius 3 is 2.83 bits per heavy atom. The molecule has 2 aromatic rings. The van der Waals surface area contributed by atoms with Crippen LogP contribution in [0.4, 0.5) is 0 Å². The van der Waals surface area contributed by atoms with Crippen LogP contribution < -0.4 is 15.2 Å². The largest absolute Gasteiger partial charge is 0.486 e. The van der Waals surface area contributed by atoms with Gasteiger partial charge in [-0.25, -0.2) is 4.98 Å². The molecule has 0 spiro atoms. The first-order chi connectivity index (χ1) is 8.72. The molecular formula is C11H11N3O2S2. The van der Waals surface area contributed by atoms with Gasteiger partial charge in [-0.3, -0.25) is 0 Å². The smallest absolute Gasteiger partial charge is 0.166 e. The minimum absolute atomic E-state index is 0.464. The van der Waals surface area contributed by atoms with E-state index in [0.717, 1.165) is 27.7 Å². The van der Waals surface area contributed by atoms with Crippen LogP contribution in [0.25, 0.3) is 11.0 Å². The van der Waals surface area contributed by atoms with Gasteiger partial charge in [-0.2, -0.15) is 0 Å². The van der Waals surface area contributed by atoms with Crippen LogP contribution >= 0.6 is 24.0 Å². The number of benzene rings is 1. The van der Waals surface area contributed by atoms with Crippen LogP contribution in [-0.2, 0) is 0 Å². The molecule has 0 unspecified atom stereocenters. The van der Waals surface area contributed by atoms with Gasteiger partial charge in [0.05, 0.1) is 21.8 Å². The van der Waals surface area contributed by atoms with E-state index in [4.69, 9.17) is 27.4 Å². The van der Waals surface area contributed by atoms with E-state index in [9.17, 15) is 0 Å². The third-order valence-electron chi connectivity index (χ3n) is 2.48. The first-order valence-electron chi connectivity index (χ1n) is 5.43. The predicted molar refractivity (Wildman–Crippen MR) is 74.6 cm³/mol. The number of hydrogen-bond acceptors (Lipinski definition) is 5. The van der Waals surface area contributed by atoms with Crippen LogP contribution in [-0.4, -0.2) is 33.9 Å². The number of hydrogen-bond donors (Lipinski definition) is 2. The van der Waals surface area contributed by atoms with Crippen molar-refractivity contribution in [2.45, 2.75) is 5.16 Å². The molecule has 0 aliphatic carbocycles. The maximum absolute atomic E-state index is 5.52. The van der Waals surface area contributed by atoms with E-state index in [0.29, 0.717) is 24.0 Å². The zero-order valence-electron chi connectivity index (χ0n) is 9.43. The van der Waals surface area contributed by atoms with E-state index in [1.54, 1.807) is 0 Å². The highest BCUT2D eigenvalue weighted by molar-refractivity contribution is 8.00. The summed E-state index contributed by atoms with van der Waals surface area (Å²) >= 11 is 6.32. The summed E-state index contributed by atoms with van der Waals surface area (Å²) in [5.74, 6) is 2.07. The summed E-state index contributed by atoms with van der Waals surface area (Å²) in [6.45, 7) is 1.15. The third kappa shape index (κ3) is 2.23. The van der Waals surface area contributed by atoms with E-state index in [1.165, 1.54) is 11.8 Å². The Hall–Kier alpha value is -1.47. The zero-order valence-corrected chi connectivity index (χ0v) is 11.1. The molecule has 0 saturated carbocycles. The van der Waals surface area contributed by atoms with E-state index in [2.05, 4.69) is 9.97 Å². The van der Waals surface area contributed by atoms with Crippen molar-refractivity contribution >= 4 is 40.0 Å². The molecule has 0 saturated heterocycles. The molecule has 2 heterocycles. The number of H-pyrrole nitrogens is 1. The molecule has 94 valence electrons. The standard InChI is InChI=1S/C11H11N3O2S2/c12-10(17)5-18-11-13-6-3-8-9(4-7(6)14-11)16-2-1-15-8/h3-4H,1-2,5H2,(H2,12,17)(H,13,14). The lowest BCUT2D eigenvalue weighted by Gasteiger charge is -2.17. The van der Waals surface area contributed by atoms with Crippen molar-refractivity contribution in [2.24, 2.45) is 5.73 Å². The molecule has 18 heavy (non-hydrogen) atoms. The lowest BCUT2D eigenvalue weighted by molar-refractivity contribution is 0.172. The van der Waals surface area contributed by atoms with Crippen LogP contribution in [0.2, 0.25) is 0 Å². The van der Waals surface area contributed by atoms with Crippen LogP contribution in [0.15, 0.2) is 17.3 Å². The number of imidazole rings is 1. The number of nitrogens with one attached hydrogen (secondary N) is 1. The number of thioether (sulfide) groups is 1.